The Morgan fingerprint density at radius 1 is 1.50 bits per heavy atom. The van der Waals surface area contributed by atoms with Gasteiger partial charge in [0.25, 0.3) is 0 Å². The third-order valence-electron chi connectivity index (χ3n) is 1.34. The van der Waals surface area contributed by atoms with Gasteiger partial charge in [0.2, 0.25) is 10.0 Å². The normalized spacial score (nSPS) is 11.4. The van der Waals surface area contributed by atoms with Crippen molar-refractivity contribution in [2.45, 2.75) is 0 Å². The van der Waals surface area contributed by atoms with Crippen molar-refractivity contribution >= 4 is 43.2 Å². The highest BCUT2D eigenvalue weighted by Gasteiger charge is 2.10. The quantitative estimate of drug-likeness (QED) is 0.872. The van der Waals surface area contributed by atoms with Gasteiger partial charge in [0, 0.05) is 4.47 Å². The highest BCUT2D eigenvalue weighted by molar-refractivity contribution is 9.10. The summed E-state index contributed by atoms with van der Waals surface area (Å²) >= 11 is 8.25. The smallest absolute Gasteiger partial charge is 0.246 e. The summed E-state index contributed by atoms with van der Waals surface area (Å²) in [6.45, 7) is 0. The number of halogens is 3. The molecule has 0 unspecified atom stereocenters. The zero-order valence-corrected chi connectivity index (χ0v) is 9.96. The third kappa shape index (κ3) is 3.11. The van der Waals surface area contributed by atoms with E-state index in [2.05, 4.69) is 20.7 Å². The number of rotatable bonds is 3. The van der Waals surface area contributed by atoms with Crippen LogP contribution in [-0.4, -0.2) is 13.6 Å². The van der Waals surface area contributed by atoms with Crippen LogP contribution in [0.5, 0.6) is 0 Å². The molecule has 0 saturated heterocycles. The monoisotopic (exact) mass is 301 g/mol. The van der Waals surface area contributed by atoms with Crippen molar-refractivity contribution in [3.8, 4) is 0 Å². The minimum absolute atomic E-state index is 0.130. The Morgan fingerprint density at radius 2 is 2.14 bits per heavy atom. The summed E-state index contributed by atoms with van der Waals surface area (Å²) in [4.78, 5) is 0. The van der Waals surface area contributed by atoms with Crippen molar-refractivity contribution in [3.63, 3.8) is 0 Å². The molecular formula is C7H6BrClFNO2S. The Hall–Kier alpha value is -0.330. The lowest BCUT2D eigenvalue weighted by Crippen LogP contribution is -2.13. The summed E-state index contributed by atoms with van der Waals surface area (Å²) in [7, 11) is -3.59. The van der Waals surface area contributed by atoms with Crippen molar-refractivity contribution in [1.29, 1.82) is 0 Å². The fourth-order valence-corrected chi connectivity index (χ4v) is 1.97. The molecule has 0 bridgehead atoms. The first-order valence-electron chi connectivity index (χ1n) is 3.46. The predicted octanol–water partition coefficient (Wildman–Crippen LogP) is 2.53. The number of benzene rings is 1. The van der Waals surface area contributed by atoms with Crippen LogP contribution in [0, 0.1) is 5.82 Å². The lowest BCUT2D eigenvalue weighted by molar-refractivity contribution is 0.605. The second-order valence-electron chi connectivity index (χ2n) is 2.45. The van der Waals surface area contributed by atoms with E-state index in [0.29, 0.717) is 4.47 Å². The molecule has 0 aromatic heterocycles. The molecule has 0 amide bonds. The van der Waals surface area contributed by atoms with E-state index in [1.165, 1.54) is 12.1 Å². The number of hydrogen-bond donors (Lipinski definition) is 1. The molecule has 7 heteroatoms. The molecule has 0 saturated carbocycles. The zero-order chi connectivity index (χ0) is 10.8. The SMILES string of the molecule is O=S(=O)(CCl)Nc1cc(F)ccc1Br. The van der Waals surface area contributed by atoms with E-state index in [1.807, 2.05) is 0 Å². The van der Waals surface area contributed by atoms with Gasteiger partial charge in [-0.05, 0) is 34.1 Å². The van der Waals surface area contributed by atoms with E-state index < -0.39 is 21.1 Å². The molecule has 78 valence electrons. The van der Waals surface area contributed by atoms with Crippen molar-refractivity contribution in [2.75, 3.05) is 9.93 Å². The average Bonchev–Trinajstić information content (AvgIpc) is 2.11. The summed E-state index contributed by atoms with van der Waals surface area (Å²) in [6, 6.07) is 3.68. The number of hydrogen-bond acceptors (Lipinski definition) is 2. The summed E-state index contributed by atoms with van der Waals surface area (Å²) in [5.74, 6) is -0.527. The molecule has 0 heterocycles. The maximum atomic E-state index is 12.7. The van der Waals surface area contributed by atoms with Gasteiger partial charge in [-0.2, -0.15) is 0 Å². The Kier molecular flexibility index (Phi) is 3.74. The molecule has 0 aliphatic rings. The van der Waals surface area contributed by atoms with Crippen molar-refractivity contribution < 1.29 is 12.8 Å². The van der Waals surface area contributed by atoms with E-state index in [-0.39, 0.29) is 5.69 Å². The molecule has 0 fully saturated rings. The fraction of sp³-hybridized carbons (Fsp3) is 0.143. The van der Waals surface area contributed by atoms with Gasteiger partial charge in [0.15, 0.2) is 0 Å². The van der Waals surface area contributed by atoms with Gasteiger partial charge < -0.3 is 0 Å². The van der Waals surface area contributed by atoms with Gasteiger partial charge in [-0.3, -0.25) is 4.72 Å². The largest absolute Gasteiger partial charge is 0.281 e. The molecule has 0 atom stereocenters. The Balaban J connectivity index is 3.03. The van der Waals surface area contributed by atoms with Crippen molar-refractivity contribution in [2.24, 2.45) is 0 Å². The van der Waals surface area contributed by atoms with Crippen LogP contribution in [0.3, 0.4) is 0 Å². The Labute approximate surface area is 94.4 Å². The molecular weight excluding hydrogens is 297 g/mol. The highest BCUT2D eigenvalue weighted by Crippen LogP contribution is 2.24. The Bertz CT molecular complexity index is 437. The predicted molar refractivity (Wildman–Crippen MR) is 57.4 cm³/mol. The Morgan fingerprint density at radius 3 is 2.71 bits per heavy atom. The van der Waals surface area contributed by atoms with Crippen LogP contribution in [0.4, 0.5) is 10.1 Å². The minimum atomic E-state index is -3.59. The fourth-order valence-electron chi connectivity index (χ4n) is 0.771. The lowest BCUT2D eigenvalue weighted by Gasteiger charge is -2.06. The van der Waals surface area contributed by atoms with Crippen LogP contribution in [0.2, 0.25) is 0 Å². The summed E-state index contributed by atoms with van der Waals surface area (Å²) in [5, 5.41) is -0.573. The topological polar surface area (TPSA) is 46.2 Å². The van der Waals surface area contributed by atoms with E-state index >= 15 is 0 Å². The molecule has 3 nitrogen and oxygen atoms in total. The van der Waals surface area contributed by atoms with Crippen LogP contribution in [0.1, 0.15) is 0 Å². The second kappa shape index (κ2) is 4.46. The van der Waals surface area contributed by atoms with Gasteiger partial charge in [-0.15, -0.1) is 11.6 Å². The van der Waals surface area contributed by atoms with E-state index in [1.54, 1.807) is 0 Å². The first-order chi connectivity index (χ1) is 6.44. The van der Waals surface area contributed by atoms with E-state index in [9.17, 15) is 12.8 Å². The van der Waals surface area contributed by atoms with Crippen LogP contribution in [0.15, 0.2) is 22.7 Å². The molecule has 0 aliphatic carbocycles. The minimum Gasteiger partial charge on any atom is -0.281 e. The molecule has 0 aliphatic heterocycles. The standard InChI is InChI=1S/C7H6BrClFNO2S/c8-6-2-1-5(10)3-7(6)11-14(12,13)4-9/h1-3,11H,4H2. The molecule has 1 aromatic rings. The molecule has 1 aromatic carbocycles. The van der Waals surface area contributed by atoms with Gasteiger partial charge >= 0.3 is 0 Å². The number of anilines is 1. The average molecular weight is 303 g/mol. The lowest BCUT2D eigenvalue weighted by atomic mass is 10.3. The maximum absolute atomic E-state index is 12.7. The van der Waals surface area contributed by atoms with Crippen LogP contribution in [0.25, 0.3) is 0 Å². The van der Waals surface area contributed by atoms with Crippen LogP contribution in [-0.2, 0) is 10.0 Å². The number of alkyl halides is 1. The summed E-state index contributed by atoms with van der Waals surface area (Å²) in [5.41, 5.74) is 0.130. The second-order valence-corrected chi connectivity index (χ2v) is 5.61. The number of nitrogens with one attached hydrogen (secondary N) is 1. The van der Waals surface area contributed by atoms with Crippen molar-refractivity contribution in [1.82, 2.24) is 0 Å². The molecule has 14 heavy (non-hydrogen) atoms. The molecule has 1 N–H and O–H groups in total. The van der Waals surface area contributed by atoms with E-state index in [4.69, 9.17) is 11.6 Å². The summed E-state index contributed by atoms with van der Waals surface area (Å²) in [6.07, 6.45) is 0. The van der Waals surface area contributed by atoms with Crippen LogP contribution < -0.4 is 4.72 Å². The van der Waals surface area contributed by atoms with Crippen molar-refractivity contribution in [3.05, 3.63) is 28.5 Å². The molecule has 0 radical (unpaired) electrons. The summed E-state index contributed by atoms with van der Waals surface area (Å²) < 4.78 is 37.4. The number of sulfonamides is 1. The van der Waals surface area contributed by atoms with Gasteiger partial charge in [0.05, 0.1) is 5.69 Å². The van der Waals surface area contributed by atoms with Gasteiger partial charge in [-0.1, -0.05) is 0 Å². The first-order valence-corrected chi connectivity index (χ1v) is 6.44. The third-order valence-corrected chi connectivity index (χ3v) is 3.71. The van der Waals surface area contributed by atoms with Gasteiger partial charge in [-0.25, -0.2) is 12.8 Å². The molecule has 0 spiro atoms. The highest BCUT2D eigenvalue weighted by atomic mass is 79.9. The van der Waals surface area contributed by atoms with E-state index in [0.717, 1.165) is 6.07 Å². The first kappa shape index (κ1) is 11.7. The maximum Gasteiger partial charge on any atom is 0.246 e. The van der Waals surface area contributed by atoms with Gasteiger partial charge in [0.1, 0.15) is 11.0 Å². The molecule has 1 rings (SSSR count). The van der Waals surface area contributed by atoms with Crippen LogP contribution >= 0.6 is 27.5 Å². The zero-order valence-electron chi connectivity index (χ0n) is 6.80.